The fourth-order valence-corrected chi connectivity index (χ4v) is 4.13. The van der Waals surface area contributed by atoms with Gasteiger partial charge >= 0.3 is 5.97 Å². The van der Waals surface area contributed by atoms with Gasteiger partial charge in [-0.25, -0.2) is 14.5 Å². The highest BCUT2D eigenvalue weighted by atomic mass is 35.5. The second-order valence-electron chi connectivity index (χ2n) is 7.95. The molecule has 0 saturated heterocycles. The number of aromatic amines is 2. The summed E-state index contributed by atoms with van der Waals surface area (Å²) in [7, 11) is 0. The summed E-state index contributed by atoms with van der Waals surface area (Å²) in [6.45, 7) is 0.103. The number of amides is 1. The largest absolute Gasteiger partial charge is 0.478 e. The van der Waals surface area contributed by atoms with Crippen molar-refractivity contribution >= 4 is 57.9 Å². The zero-order valence-corrected chi connectivity index (χ0v) is 20.4. The Bertz CT molecular complexity index is 1680. The van der Waals surface area contributed by atoms with Crippen molar-refractivity contribution in [2.75, 3.05) is 5.73 Å². The van der Waals surface area contributed by atoms with Gasteiger partial charge < -0.3 is 21.1 Å². The van der Waals surface area contributed by atoms with Gasteiger partial charge in [-0.3, -0.25) is 9.89 Å². The van der Waals surface area contributed by atoms with Crippen molar-refractivity contribution in [3.8, 4) is 16.9 Å². The lowest BCUT2D eigenvalue weighted by Gasteiger charge is -2.07. The van der Waals surface area contributed by atoms with Crippen molar-refractivity contribution in [3.05, 3.63) is 82.0 Å². The van der Waals surface area contributed by atoms with Crippen molar-refractivity contribution in [2.45, 2.75) is 6.54 Å². The molecule has 3 heterocycles. The Morgan fingerprint density at radius 1 is 1.19 bits per heavy atom. The summed E-state index contributed by atoms with van der Waals surface area (Å²) < 4.78 is 1.40. The number of carbonyl (C=O) groups is 2. The molecule has 0 aliphatic heterocycles. The van der Waals surface area contributed by atoms with Gasteiger partial charge in [0.15, 0.2) is 5.82 Å². The van der Waals surface area contributed by atoms with Crippen LogP contribution in [0.15, 0.2) is 54.9 Å². The number of H-pyrrole nitrogens is 2. The fraction of sp³-hybridized carbons (Fsp3) is 0.0417. The number of nitrogens with two attached hydrogens (primary N) is 1. The molecule has 0 spiro atoms. The first-order valence-electron chi connectivity index (χ1n) is 10.8. The van der Waals surface area contributed by atoms with E-state index in [0.29, 0.717) is 38.8 Å². The summed E-state index contributed by atoms with van der Waals surface area (Å²) in [6, 6.07) is 10.5. The van der Waals surface area contributed by atoms with Crippen LogP contribution in [-0.4, -0.2) is 46.9 Å². The molecule has 5 aromatic rings. The Hall–Kier alpha value is -4.61. The highest BCUT2D eigenvalue weighted by molar-refractivity contribution is 6.32. The van der Waals surface area contributed by atoms with E-state index in [0.717, 1.165) is 16.5 Å². The van der Waals surface area contributed by atoms with Crippen LogP contribution in [0.5, 0.6) is 0 Å². The lowest BCUT2D eigenvalue weighted by molar-refractivity contribution is -0.116. The first kappa shape index (κ1) is 24.1. The maximum absolute atomic E-state index is 12.5. The minimum absolute atomic E-state index is 0.0349. The first-order valence-corrected chi connectivity index (χ1v) is 11.6. The number of nitrogens with zero attached hydrogens (tertiary/aromatic N) is 4. The van der Waals surface area contributed by atoms with E-state index >= 15 is 0 Å². The molecule has 11 nitrogen and oxygen atoms in total. The van der Waals surface area contributed by atoms with Crippen LogP contribution in [0.3, 0.4) is 0 Å². The van der Waals surface area contributed by atoms with E-state index in [9.17, 15) is 9.59 Å². The number of aromatic carboxylic acids is 1. The van der Waals surface area contributed by atoms with E-state index in [1.165, 1.54) is 23.2 Å². The van der Waals surface area contributed by atoms with Crippen LogP contribution in [-0.2, 0) is 11.3 Å². The van der Waals surface area contributed by atoms with Crippen LogP contribution in [0.2, 0.25) is 10.2 Å². The minimum atomic E-state index is -1.09. The molecule has 5 rings (SSSR count). The number of fused-ring (bicyclic) bond motifs is 1. The standard InChI is InChI=1S/C24H18Cl2N8O3/c25-15-3-5-18(34-11-14(9-29-34)24(36)37)12(7-15)2-6-20(35)28-10-19-30-21(22(26)31-19)13-1-4-16-17(8-13)32-33-23(16)27/h1-9,11H,10H2,(H,28,35)(H,30,31)(H,36,37)(H3,27,32,33)/b6-2+. The van der Waals surface area contributed by atoms with Crippen molar-refractivity contribution < 1.29 is 14.7 Å². The first-order chi connectivity index (χ1) is 17.8. The molecule has 13 heteroatoms. The van der Waals surface area contributed by atoms with Gasteiger partial charge in [-0.15, -0.1) is 0 Å². The zero-order valence-electron chi connectivity index (χ0n) is 18.9. The van der Waals surface area contributed by atoms with Crippen molar-refractivity contribution in [3.63, 3.8) is 0 Å². The van der Waals surface area contributed by atoms with Gasteiger partial charge in [-0.05, 0) is 36.4 Å². The lowest BCUT2D eigenvalue weighted by atomic mass is 10.1. The molecule has 0 aliphatic carbocycles. The number of hydrogen-bond donors (Lipinski definition) is 5. The second kappa shape index (κ2) is 9.80. The Morgan fingerprint density at radius 2 is 2.03 bits per heavy atom. The lowest BCUT2D eigenvalue weighted by Crippen LogP contribution is -2.21. The van der Waals surface area contributed by atoms with Gasteiger partial charge in [-0.1, -0.05) is 29.3 Å². The molecule has 0 fully saturated rings. The van der Waals surface area contributed by atoms with E-state index in [4.69, 9.17) is 34.0 Å². The third-order valence-corrected chi connectivity index (χ3v) is 5.99. The molecule has 0 bridgehead atoms. The summed E-state index contributed by atoms with van der Waals surface area (Å²) in [5.74, 6) is -0.608. The second-order valence-corrected chi connectivity index (χ2v) is 8.76. The van der Waals surface area contributed by atoms with Crippen LogP contribution in [0.25, 0.3) is 33.9 Å². The molecular formula is C24H18Cl2N8O3. The van der Waals surface area contributed by atoms with Crippen LogP contribution in [0.4, 0.5) is 5.82 Å². The summed E-state index contributed by atoms with van der Waals surface area (Å²) in [5, 5.41) is 24.4. The number of benzene rings is 2. The quantitative estimate of drug-likeness (QED) is 0.195. The predicted molar refractivity (Wildman–Crippen MR) is 140 cm³/mol. The number of carbonyl (C=O) groups excluding carboxylic acids is 1. The van der Waals surface area contributed by atoms with Gasteiger partial charge in [0.05, 0.1) is 29.5 Å². The SMILES string of the molecule is Nc1n[nH]c2cc(-c3nc(CNC(=O)/C=C/c4cc(Cl)ccc4-n4cc(C(=O)O)cn4)[nH]c3Cl)ccc12. The summed E-state index contributed by atoms with van der Waals surface area (Å²) in [4.78, 5) is 31.1. The van der Waals surface area contributed by atoms with E-state index < -0.39 is 5.97 Å². The molecule has 6 N–H and O–H groups in total. The van der Waals surface area contributed by atoms with Gasteiger partial charge in [0.2, 0.25) is 5.91 Å². The predicted octanol–water partition coefficient (Wildman–Crippen LogP) is 4.06. The number of imidazole rings is 1. The number of halogens is 2. The number of hydrogen-bond acceptors (Lipinski definition) is 6. The van der Waals surface area contributed by atoms with Gasteiger partial charge in [0.25, 0.3) is 0 Å². The molecule has 0 aliphatic rings. The van der Waals surface area contributed by atoms with Gasteiger partial charge in [-0.2, -0.15) is 10.2 Å². The smallest absolute Gasteiger partial charge is 0.338 e. The average Bonchev–Trinajstić information content (AvgIpc) is 3.60. The Kier molecular flexibility index (Phi) is 6.38. The molecule has 0 unspecified atom stereocenters. The number of nitrogens with one attached hydrogen (secondary N) is 3. The van der Waals surface area contributed by atoms with Crippen LogP contribution >= 0.6 is 23.2 Å². The highest BCUT2D eigenvalue weighted by Gasteiger charge is 2.14. The molecule has 0 radical (unpaired) electrons. The zero-order chi connectivity index (χ0) is 26.1. The van der Waals surface area contributed by atoms with Crippen molar-refractivity contribution in [2.24, 2.45) is 0 Å². The topological polar surface area (TPSA) is 168 Å². The molecule has 3 aromatic heterocycles. The Balaban J connectivity index is 1.29. The average molecular weight is 537 g/mol. The number of carboxylic acid groups (broad SMARTS) is 1. The monoisotopic (exact) mass is 536 g/mol. The number of aromatic nitrogens is 6. The summed E-state index contributed by atoms with van der Waals surface area (Å²) in [5.41, 5.74) is 9.02. The third kappa shape index (κ3) is 5.03. The molecule has 0 saturated carbocycles. The normalized spacial score (nSPS) is 11.4. The minimum Gasteiger partial charge on any atom is -0.478 e. The third-order valence-electron chi connectivity index (χ3n) is 5.48. The van der Waals surface area contributed by atoms with Gasteiger partial charge in [0, 0.05) is 33.8 Å². The number of carboxylic acids is 1. The number of rotatable bonds is 7. The molecular weight excluding hydrogens is 519 g/mol. The van der Waals surface area contributed by atoms with Gasteiger partial charge in [0.1, 0.15) is 16.7 Å². The molecule has 186 valence electrons. The molecule has 37 heavy (non-hydrogen) atoms. The molecule has 0 atom stereocenters. The highest BCUT2D eigenvalue weighted by Crippen LogP contribution is 2.29. The van der Waals surface area contributed by atoms with E-state index in [1.54, 1.807) is 24.3 Å². The van der Waals surface area contributed by atoms with Crippen LogP contribution in [0.1, 0.15) is 21.7 Å². The fourth-order valence-electron chi connectivity index (χ4n) is 3.69. The van der Waals surface area contributed by atoms with Crippen molar-refractivity contribution in [1.82, 2.24) is 35.3 Å². The number of nitrogen functional groups attached to an aromatic ring is 1. The van der Waals surface area contributed by atoms with Crippen LogP contribution < -0.4 is 11.1 Å². The Morgan fingerprint density at radius 3 is 2.81 bits per heavy atom. The Labute approximate surface area is 218 Å². The van der Waals surface area contributed by atoms with E-state index in [-0.39, 0.29) is 18.0 Å². The van der Waals surface area contributed by atoms with Crippen LogP contribution in [0, 0.1) is 0 Å². The summed E-state index contributed by atoms with van der Waals surface area (Å²) >= 11 is 12.5. The number of anilines is 1. The van der Waals surface area contributed by atoms with E-state index in [1.807, 2.05) is 18.2 Å². The maximum Gasteiger partial charge on any atom is 0.338 e. The van der Waals surface area contributed by atoms with E-state index in [2.05, 4.69) is 30.6 Å². The summed E-state index contributed by atoms with van der Waals surface area (Å²) in [6.07, 6.45) is 5.51. The molecule has 2 aromatic carbocycles. The maximum atomic E-state index is 12.5. The molecule has 1 amide bonds. The van der Waals surface area contributed by atoms with Crippen molar-refractivity contribution in [1.29, 1.82) is 0 Å².